The van der Waals surface area contributed by atoms with Crippen molar-refractivity contribution in [1.29, 1.82) is 0 Å². The van der Waals surface area contributed by atoms with Gasteiger partial charge in [-0.05, 0) is 215 Å². The number of nitrogens with zero attached hydrogens (tertiary/aromatic N) is 6. The highest BCUT2D eigenvalue weighted by Crippen LogP contribution is 2.41. The first kappa shape index (κ1) is 68.1. The van der Waals surface area contributed by atoms with Crippen LogP contribution in [0.5, 0.6) is 0 Å². The molecule has 2 heterocycles. The monoisotopic (exact) mass is 1450 g/mol. The molecule has 0 aliphatic heterocycles. The number of aromatic nitrogens is 6. The predicted octanol–water partition coefficient (Wildman–Crippen LogP) is 28.3. The molecule has 6 heteroatoms. The largest absolute Gasteiger partial charge is 0.208 e. The lowest BCUT2D eigenvalue weighted by Gasteiger charge is -2.15. The van der Waals surface area contributed by atoms with Crippen LogP contribution in [0.1, 0.15) is 0 Å². The van der Waals surface area contributed by atoms with Crippen LogP contribution < -0.4 is 0 Å². The van der Waals surface area contributed by atoms with Gasteiger partial charge in [0.05, 0.1) is 0 Å². The summed E-state index contributed by atoms with van der Waals surface area (Å²) in [5.41, 5.74) is 21.6. The maximum Gasteiger partial charge on any atom is 0.164 e. The molecule has 21 rings (SSSR count). The Bertz CT molecular complexity index is 7240. The molecular formula is C108H70N6. The Morgan fingerprint density at radius 1 is 0.0965 bits per heavy atom. The maximum atomic E-state index is 5.31. The normalized spacial score (nSPS) is 11.3. The molecule has 0 N–H and O–H groups in total. The van der Waals surface area contributed by atoms with E-state index in [1.54, 1.807) is 0 Å². The van der Waals surface area contributed by atoms with Crippen LogP contribution in [0.15, 0.2) is 425 Å². The Morgan fingerprint density at radius 3 is 0.693 bits per heavy atom. The standard InChI is InChI=1S/C57H37N3.C51H33N3/c1-3-15-39(16-4-1)51-24-11-12-25-52(51)56-58-55(59-57(60-56)54-37-44-21-10-9-20-43(44)36-53(54)40-17-5-2-6-18-40)50-23-13-22-42(35-50)45-28-29-49-34-48(31-30-47(49)33-45)46-27-26-38-14-7-8-19-41(38)32-46;1-2-10-34(11-3-1)39-16-8-18-46(31-39)49-52-50(54-51(53-49)48-27-21-36-13-5-7-15-38(36)32-48)47-19-9-17-40(33-47)41-23-24-45-30-44(26-25-43(45)29-41)42-22-20-35-12-4-6-14-37(35)28-42/h1-37H;1-33H. The van der Waals surface area contributed by atoms with Gasteiger partial charge in [0.15, 0.2) is 34.9 Å². The van der Waals surface area contributed by atoms with E-state index in [0.717, 1.165) is 105 Å². The minimum absolute atomic E-state index is 0.618. The summed E-state index contributed by atoms with van der Waals surface area (Å²) in [7, 11) is 0. The first-order chi connectivity index (χ1) is 56.4. The summed E-state index contributed by atoms with van der Waals surface area (Å²) in [5.74, 6) is 3.79. The summed E-state index contributed by atoms with van der Waals surface area (Å²) >= 11 is 0. The number of rotatable bonds is 13. The molecule has 532 valence electrons. The van der Waals surface area contributed by atoms with Crippen LogP contribution in [0.25, 0.3) is 211 Å². The van der Waals surface area contributed by atoms with Crippen LogP contribution in [0, 0.1) is 0 Å². The van der Waals surface area contributed by atoms with Crippen molar-refractivity contribution in [1.82, 2.24) is 29.9 Å². The molecule has 114 heavy (non-hydrogen) atoms. The molecule has 0 saturated carbocycles. The van der Waals surface area contributed by atoms with Crippen molar-refractivity contribution in [2.24, 2.45) is 0 Å². The van der Waals surface area contributed by atoms with Crippen LogP contribution in [0.2, 0.25) is 0 Å². The maximum absolute atomic E-state index is 5.31. The van der Waals surface area contributed by atoms with Gasteiger partial charge >= 0.3 is 0 Å². The van der Waals surface area contributed by atoms with E-state index < -0.39 is 0 Å². The van der Waals surface area contributed by atoms with E-state index in [9.17, 15) is 0 Å². The zero-order valence-electron chi connectivity index (χ0n) is 62.1. The van der Waals surface area contributed by atoms with E-state index in [4.69, 9.17) is 29.9 Å². The summed E-state index contributed by atoms with van der Waals surface area (Å²) in [4.78, 5) is 31.2. The second-order valence-corrected chi connectivity index (χ2v) is 29.0. The van der Waals surface area contributed by atoms with Gasteiger partial charge in [-0.25, -0.2) is 29.9 Å². The fourth-order valence-electron chi connectivity index (χ4n) is 15.8. The lowest BCUT2D eigenvalue weighted by atomic mass is 9.94. The van der Waals surface area contributed by atoms with Crippen LogP contribution in [-0.2, 0) is 0 Å². The topological polar surface area (TPSA) is 77.3 Å². The molecule has 6 nitrogen and oxygen atoms in total. The van der Waals surface area contributed by atoms with Crippen molar-refractivity contribution in [3.05, 3.63) is 425 Å². The Labute approximate surface area is 661 Å². The average molecular weight is 1450 g/mol. The first-order valence-corrected chi connectivity index (χ1v) is 38.6. The van der Waals surface area contributed by atoms with Crippen LogP contribution in [0.4, 0.5) is 0 Å². The van der Waals surface area contributed by atoms with E-state index in [1.165, 1.54) is 70.7 Å². The predicted molar refractivity (Wildman–Crippen MR) is 475 cm³/mol. The van der Waals surface area contributed by atoms with Gasteiger partial charge in [-0.1, -0.05) is 352 Å². The SMILES string of the molecule is c1ccc(-c2cccc(-c3nc(-c4cccc(-c5ccc6cc(-c7ccc8ccccc8c7)ccc6c5)c4)nc(-c4ccc5ccccc5c4)n3)c2)cc1.c1ccc(-c2ccccc2-c2nc(-c3cccc(-c4ccc5cc(-c6ccc7ccccc7c6)ccc5c4)c3)nc(-c3cc4ccccc4cc3-c3ccccc3)n2)cc1. The van der Waals surface area contributed by atoms with Crippen LogP contribution >= 0.6 is 0 Å². The second kappa shape index (κ2) is 30.0. The molecule has 0 unspecified atom stereocenters. The minimum atomic E-state index is 0.618. The summed E-state index contributed by atoms with van der Waals surface area (Å²) in [6, 6.07) is 150. The van der Waals surface area contributed by atoms with Crippen molar-refractivity contribution >= 4 is 64.6 Å². The van der Waals surface area contributed by atoms with Crippen LogP contribution in [0.3, 0.4) is 0 Å². The number of hydrogen-bond acceptors (Lipinski definition) is 6. The molecule has 21 aromatic rings. The smallest absolute Gasteiger partial charge is 0.164 e. The number of benzene rings is 19. The Hall–Kier alpha value is -15.2. The quantitative estimate of drug-likeness (QED) is 0.114. The van der Waals surface area contributed by atoms with Crippen molar-refractivity contribution in [3.8, 4) is 146 Å². The number of fused-ring (bicyclic) bond motifs is 6. The first-order valence-electron chi connectivity index (χ1n) is 38.6. The summed E-state index contributed by atoms with van der Waals surface area (Å²) in [5, 5.41) is 14.4. The van der Waals surface area contributed by atoms with Gasteiger partial charge < -0.3 is 0 Å². The van der Waals surface area contributed by atoms with Crippen molar-refractivity contribution in [2.45, 2.75) is 0 Å². The molecule has 19 aromatic carbocycles. The van der Waals surface area contributed by atoms with E-state index in [1.807, 2.05) is 12.1 Å². The summed E-state index contributed by atoms with van der Waals surface area (Å²) in [6.07, 6.45) is 0. The third-order valence-electron chi connectivity index (χ3n) is 21.7. The van der Waals surface area contributed by atoms with Gasteiger partial charge in [-0.2, -0.15) is 0 Å². The minimum Gasteiger partial charge on any atom is -0.208 e. The highest BCUT2D eigenvalue weighted by molar-refractivity contribution is 5.99. The molecule has 2 aromatic heterocycles. The second-order valence-electron chi connectivity index (χ2n) is 29.0. The van der Waals surface area contributed by atoms with Crippen molar-refractivity contribution in [2.75, 3.05) is 0 Å². The van der Waals surface area contributed by atoms with Gasteiger partial charge in [-0.15, -0.1) is 0 Å². The van der Waals surface area contributed by atoms with Gasteiger partial charge in [0.1, 0.15) is 0 Å². The highest BCUT2D eigenvalue weighted by Gasteiger charge is 2.21. The Morgan fingerprint density at radius 2 is 0.307 bits per heavy atom. The van der Waals surface area contributed by atoms with Crippen molar-refractivity contribution in [3.63, 3.8) is 0 Å². The zero-order valence-corrected chi connectivity index (χ0v) is 62.1. The number of hydrogen-bond donors (Lipinski definition) is 0. The molecule has 0 aliphatic rings. The van der Waals surface area contributed by atoms with Crippen molar-refractivity contribution < 1.29 is 0 Å². The van der Waals surface area contributed by atoms with E-state index in [2.05, 4.69) is 413 Å². The van der Waals surface area contributed by atoms with Gasteiger partial charge in [-0.3, -0.25) is 0 Å². The molecule has 0 fully saturated rings. The molecular weight excluding hydrogens is 1380 g/mol. The lowest BCUT2D eigenvalue weighted by molar-refractivity contribution is 1.07. The fraction of sp³-hybridized carbons (Fsp3) is 0. The summed E-state index contributed by atoms with van der Waals surface area (Å²) < 4.78 is 0. The van der Waals surface area contributed by atoms with Gasteiger partial charge in [0, 0.05) is 33.4 Å². The highest BCUT2D eigenvalue weighted by atomic mass is 15.0. The molecule has 0 amide bonds. The zero-order chi connectivity index (χ0) is 75.7. The molecule has 0 saturated heterocycles. The molecule has 0 aliphatic carbocycles. The van der Waals surface area contributed by atoms with Gasteiger partial charge in [0.25, 0.3) is 0 Å². The van der Waals surface area contributed by atoms with Gasteiger partial charge in [0.2, 0.25) is 0 Å². The molecule has 0 radical (unpaired) electrons. The molecule has 0 bridgehead atoms. The third-order valence-corrected chi connectivity index (χ3v) is 21.7. The average Bonchev–Trinajstić information content (AvgIpc) is 0.742. The lowest BCUT2D eigenvalue weighted by Crippen LogP contribution is -2.02. The van der Waals surface area contributed by atoms with E-state index in [0.29, 0.717) is 34.9 Å². The van der Waals surface area contributed by atoms with E-state index >= 15 is 0 Å². The van der Waals surface area contributed by atoms with E-state index in [-0.39, 0.29) is 0 Å². The Kier molecular flexibility index (Phi) is 17.9. The fourth-order valence-corrected chi connectivity index (χ4v) is 15.8. The van der Waals surface area contributed by atoms with Crippen LogP contribution in [-0.4, -0.2) is 29.9 Å². The molecule has 0 atom stereocenters. The third kappa shape index (κ3) is 13.9. The molecule has 0 spiro atoms. The Balaban J connectivity index is 0.000000149. The summed E-state index contributed by atoms with van der Waals surface area (Å²) in [6.45, 7) is 0.